The van der Waals surface area contributed by atoms with Crippen molar-refractivity contribution in [1.29, 1.82) is 0 Å². The van der Waals surface area contributed by atoms with Crippen LogP contribution < -0.4 is 5.73 Å². The summed E-state index contributed by atoms with van der Waals surface area (Å²) in [4.78, 5) is 0. The molecule has 0 spiro atoms. The molecule has 1 fully saturated rings. The molecule has 2 nitrogen and oxygen atoms in total. The quantitative estimate of drug-likeness (QED) is 0.877. The molecule has 2 N–H and O–H groups in total. The average Bonchev–Trinajstić information content (AvgIpc) is 2.45. The van der Waals surface area contributed by atoms with Gasteiger partial charge in [0.05, 0.1) is 12.7 Å². The summed E-state index contributed by atoms with van der Waals surface area (Å²) in [5, 5.41) is 0. The second-order valence-electron chi connectivity index (χ2n) is 6.65. The molecule has 3 atom stereocenters. The van der Waals surface area contributed by atoms with Gasteiger partial charge in [0.15, 0.2) is 0 Å². The van der Waals surface area contributed by atoms with E-state index in [9.17, 15) is 0 Å². The number of hydrogen-bond donors (Lipinski definition) is 1. The highest BCUT2D eigenvalue weighted by Crippen LogP contribution is 2.35. The third-order valence-corrected chi connectivity index (χ3v) is 4.75. The maximum atomic E-state index is 6.30. The summed E-state index contributed by atoms with van der Waals surface area (Å²) in [6, 6.07) is 8.35. The molecule has 1 saturated carbocycles. The first-order valence-corrected chi connectivity index (χ1v) is 8.00. The highest BCUT2D eigenvalue weighted by molar-refractivity contribution is 5.26. The summed E-state index contributed by atoms with van der Waals surface area (Å²) in [5.74, 6) is 2.20. The Morgan fingerprint density at radius 1 is 1.20 bits per heavy atom. The lowest BCUT2D eigenvalue weighted by atomic mass is 9.75. The molecule has 2 heteroatoms. The van der Waals surface area contributed by atoms with Crippen molar-refractivity contribution in [2.24, 2.45) is 23.5 Å². The fourth-order valence-electron chi connectivity index (χ4n) is 3.40. The van der Waals surface area contributed by atoms with Crippen molar-refractivity contribution >= 4 is 0 Å². The standard InChI is InChI=1S/C18H29NO/c1-13(2)17-9-8-14(3)10-18(17)20-12-16-7-5-4-6-15(16)11-19/h4-7,13-14,17-18H,8-12,19H2,1-3H3. The molecule has 112 valence electrons. The normalized spacial score (nSPS) is 26.9. The minimum absolute atomic E-state index is 0.407. The highest BCUT2D eigenvalue weighted by atomic mass is 16.5. The fraction of sp³-hybridized carbons (Fsp3) is 0.667. The maximum absolute atomic E-state index is 6.30. The Morgan fingerprint density at radius 2 is 1.90 bits per heavy atom. The van der Waals surface area contributed by atoms with Crippen LogP contribution >= 0.6 is 0 Å². The first kappa shape index (κ1) is 15.5. The van der Waals surface area contributed by atoms with Crippen molar-refractivity contribution in [1.82, 2.24) is 0 Å². The molecule has 0 bridgehead atoms. The zero-order valence-electron chi connectivity index (χ0n) is 13.1. The summed E-state index contributed by atoms with van der Waals surface area (Å²) < 4.78 is 6.30. The topological polar surface area (TPSA) is 35.2 Å². The minimum atomic E-state index is 0.407. The molecule has 0 radical (unpaired) electrons. The molecule has 0 amide bonds. The van der Waals surface area contributed by atoms with Crippen LogP contribution in [0.4, 0.5) is 0 Å². The molecule has 20 heavy (non-hydrogen) atoms. The van der Waals surface area contributed by atoms with Gasteiger partial charge in [-0.15, -0.1) is 0 Å². The Morgan fingerprint density at radius 3 is 2.55 bits per heavy atom. The van der Waals surface area contributed by atoms with Crippen molar-refractivity contribution in [2.75, 3.05) is 0 Å². The van der Waals surface area contributed by atoms with Crippen molar-refractivity contribution in [3.8, 4) is 0 Å². The summed E-state index contributed by atoms with van der Waals surface area (Å²) in [6.07, 6.45) is 4.27. The van der Waals surface area contributed by atoms with Gasteiger partial charge in [-0.1, -0.05) is 51.5 Å². The van der Waals surface area contributed by atoms with E-state index in [1.807, 2.05) is 6.07 Å². The van der Waals surface area contributed by atoms with E-state index in [1.165, 1.54) is 30.4 Å². The highest BCUT2D eigenvalue weighted by Gasteiger charge is 2.31. The zero-order valence-corrected chi connectivity index (χ0v) is 13.1. The van der Waals surface area contributed by atoms with E-state index in [0.29, 0.717) is 31.1 Å². The zero-order chi connectivity index (χ0) is 14.5. The van der Waals surface area contributed by atoms with Crippen LogP contribution in [0.1, 0.15) is 51.2 Å². The van der Waals surface area contributed by atoms with Gasteiger partial charge in [0, 0.05) is 6.54 Å². The molecule has 1 aromatic rings. The molecule has 0 saturated heterocycles. The lowest BCUT2D eigenvalue weighted by Gasteiger charge is -2.37. The van der Waals surface area contributed by atoms with Crippen LogP contribution in [0.5, 0.6) is 0 Å². The Balaban J connectivity index is 2.00. The molecule has 2 rings (SSSR count). The largest absolute Gasteiger partial charge is 0.373 e. The molecular weight excluding hydrogens is 246 g/mol. The first-order valence-electron chi connectivity index (χ1n) is 8.00. The number of ether oxygens (including phenoxy) is 1. The average molecular weight is 275 g/mol. The van der Waals surface area contributed by atoms with Crippen LogP contribution in [-0.2, 0) is 17.9 Å². The number of rotatable bonds is 5. The Bertz CT molecular complexity index is 416. The number of benzene rings is 1. The second-order valence-corrected chi connectivity index (χ2v) is 6.65. The van der Waals surface area contributed by atoms with Gasteiger partial charge < -0.3 is 10.5 Å². The van der Waals surface area contributed by atoms with Crippen LogP contribution in [0, 0.1) is 17.8 Å². The predicted molar refractivity (Wildman–Crippen MR) is 84.3 cm³/mol. The SMILES string of the molecule is CC1CCC(C(C)C)C(OCc2ccccc2CN)C1. The van der Waals surface area contributed by atoms with E-state index in [-0.39, 0.29) is 0 Å². The molecule has 0 aliphatic heterocycles. The van der Waals surface area contributed by atoms with Crippen molar-refractivity contribution < 1.29 is 4.74 Å². The lowest BCUT2D eigenvalue weighted by molar-refractivity contribution is -0.0474. The van der Waals surface area contributed by atoms with E-state index >= 15 is 0 Å². The third-order valence-electron chi connectivity index (χ3n) is 4.75. The Hall–Kier alpha value is -0.860. The second kappa shape index (κ2) is 7.24. The molecule has 1 aliphatic carbocycles. The van der Waals surface area contributed by atoms with Gasteiger partial charge in [0.1, 0.15) is 0 Å². The van der Waals surface area contributed by atoms with Crippen molar-refractivity contribution in [3.05, 3.63) is 35.4 Å². The Labute approximate surface area is 123 Å². The monoisotopic (exact) mass is 275 g/mol. The number of hydrogen-bond acceptors (Lipinski definition) is 2. The van der Waals surface area contributed by atoms with Crippen LogP contribution in [0.25, 0.3) is 0 Å². The van der Waals surface area contributed by atoms with Crippen LogP contribution in [0.15, 0.2) is 24.3 Å². The van der Waals surface area contributed by atoms with Gasteiger partial charge in [0.2, 0.25) is 0 Å². The van der Waals surface area contributed by atoms with Gasteiger partial charge in [-0.25, -0.2) is 0 Å². The van der Waals surface area contributed by atoms with Crippen LogP contribution in [0.2, 0.25) is 0 Å². The van der Waals surface area contributed by atoms with E-state index in [0.717, 1.165) is 5.92 Å². The maximum Gasteiger partial charge on any atom is 0.0723 e. The smallest absolute Gasteiger partial charge is 0.0723 e. The van der Waals surface area contributed by atoms with Gasteiger partial charge in [-0.2, -0.15) is 0 Å². The number of nitrogens with two attached hydrogens (primary N) is 1. The molecular formula is C18H29NO. The van der Waals surface area contributed by atoms with E-state index < -0.39 is 0 Å². The van der Waals surface area contributed by atoms with Gasteiger partial charge >= 0.3 is 0 Å². The predicted octanol–water partition coefficient (Wildman–Crippen LogP) is 4.12. The van der Waals surface area contributed by atoms with E-state index in [2.05, 4.69) is 39.0 Å². The molecule has 0 aromatic heterocycles. The van der Waals surface area contributed by atoms with E-state index in [1.54, 1.807) is 0 Å². The van der Waals surface area contributed by atoms with E-state index in [4.69, 9.17) is 10.5 Å². The first-order chi connectivity index (χ1) is 9.61. The molecule has 0 heterocycles. The fourth-order valence-corrected chi connectivity index (χ4v) is 3.40. The molecule has 1 aliphatic rings. The summed E-state index contributed by atoms with van der Waals surface area (Å²) >= 11 is 0. The third kappa shape index (κ3) is 3.83. The minimum Gasteiger partial charge on any atom is -0.373 e. The van der Waals surface area contributed by atoms with Crippen LogP contribution in [0.3, 0.4) is 0 Å². The van der Waals surface area contributed by atoms with Crippen LogP contribution in [-0.4, -0.2) is 6.10 Å². The summed E-state index contributed by atoms with van der Waals surface area (Å²) in [5.41, 5.74) is 8.25. The summed E-state index contributed by atoms with van der Waals surface area (Å²) in [7, 11) is 0. The molecule has 1 aromatic carbocycles. The Kier molecular flexibility index (Phi) is 5.62. The molecule has 3 unspecified atom stereocenters. The van der Waals surface area contributed by atoms with Crippen molar-refractivity contribution in [2.45, 2.75) is 59.3 Å². The summed E-state index contributed by atoms with van der Waals surface area (Å²) in [6.45, 7) is 8.29. The van der Waals surface area contributed by atoms with Crippen molar-refractivity contribution in [3.63, 3.8) is 0 Å². The lowest BCUT2D eigenvalue weighted by Crippen LogP contribution is -2.34. The van der Waals surface area contributed by atoms with Gasteiger partial charge in [0.25, 0.3) is 0 Å². The van der Waals surface area contributed by atoms with Gasteiger partial charge in [-0.05, 0) is 41.7 Å². The van der Waals surface area contributed by atoms with Gasteiger partial charge in [-0.3, -0.25) is 0 Å².